The highest BCUT2D eigenvalue weighted by Crippen LogP contribution is 2.29. The van der Waals surface area contributed by atoms with Crippen molar-refractivity contribution in [3.05, 3.63) is 0 Å². The molecule has 0 aliphatic carbocycles. The first-order valence-electron chi connectivity index (χ1n) is 5.84. The Balaban J connectivity index is 2.62. The van der Waals surface area contributed by atoms with Crippen molar-refractivity contribution in [1.29, 1.82) is 0 Å². The maximum absolute atomic E-state index is 12.0. The third-order valence-corrected chi connectivity index (χ3v) is 4.56. The molecule has 1 saturated heterocycles. The molecule has 3 atom stereocenters. The van der Waals surface area contributed by atoms with Gasteiger partial charge in [-0.2, -0.15) is 0 Å². The van der Waals surface area contributed by atoms with Crippen LogP contribution in [0, 0.1) is 5.92 Å². The third-order valence-electron chi connectivity index (χ3n) is 2.83. The van der Waals surface area contributed by atoms with Crippen LogP contribution >= 0.6 is 22.6 Å². The Morgan fingerprint density at radius 3 is 2.44 bits per heavy atom. The van der Waals surface area contributed by atoms with Crippen molar-refractivity contribution in [1.82, 2.24) is 4.90 Å². The largest absolute Gasteiger partial charge is 0.444 e. The van der Waals surface area contributed by atoms with Gasteiger partial charge in [0.25, 0.3) is 0 Å². The minimum Gasteiger partial charge on any atom is -0.444 e. The van der Waals surface area contributed by atoms with Gasteiger partial charge in [0.15, 0.2) is 0 Å². The van der Waals surface area contributed by atoms with E-state index in [1.807, 2.05) is 25.7 Å². The number of amides is 1. The van der Waals surface area contributed by atoms with Gasteiger partial charge in [0, 0.05) is 16.5 Å². The summed E-state index contributed by atoms with van der Waals surface area (Å²) in [6, 6.07) is 0.285. The van der Waals surface area contributed by atoms with Gasteiger partial charge in [0.1, 0.15) is 5.60 Å². The molecule has 1 amide bonds. The van der Waals surface area contributed by atoms with Crippen LogP contribution in [0.25, 0.3) is 0 Å². The van der Waals surface area contributed by atoms with Crippen LogP contribution < -0.4 is 0 Å². The number of piperidine rings is 1. The van der Waals surface area contributed by atoms with E-state index in [0.717, 1.165) is 13.0 Å². The molecule has 94 valence electrons. The summed E-state index contributed by atoms with van der Waals surface area (Å²) in [5.74, 6) is 0.546. The fourth-order valence-corrected chi connectivity index (χ4v) is 2.83. The lowest BCUT2D eigenvalue weighted by molar-refractivity contribution is 0.00791. The molecule has 0 saturated carbocycles. The van der Waals surface area contributed by atoms with Gasteiger partial charge in [0.2, 0.25) is 0 Å². The molecule has 0 N–H and O–H groups in total. The second-order valence-corrected chi connectivity index (χ2v) is 7.31. The second-order valence-electron chi connectivity index (χ2n) is 5.71. The summed E-state index contributed by atoms with van der Waals surface area (Å²) in [7, 11) is 0. The van der Waals surface area contributed by atoms with E-state index >= 15 is 0 Å². The molecule has 16 heavy (non-hydrogen) atoms. The number of hydrogen-bond donors (Lipinski definition) is 0. The van der Waals surface area contributed by atoms with Gasteiger partial charge in [-0.25, -0.2) is 4.79 Å². The predicted octanol–water partition coefficient (Wildman–Crippen LogP) is 3.46. The number of rotatable bonds is 0. The van der Waals surface area contributed by atoms with E-state index < -0.39 is 5.60 Å². The highest BCUT2D eigenvalue weighted by Gasteiger charge is 2.34. The van der Waals surface area contributed by atoms with Gasteiger partial charge in [0.05, 0.1) is 0 Å². The van der Waals surface area contributed by atoms with Crippen LogP contribution in [0.4, 0.5) is 4.79 Å². The SMILES string of the molecule is C[C@H]1CN(C(=O)OC(C)(C)C)[C@@H](C)C[C@H]1I. The fourth-order valence-electron chi connectivity index (χ4n) is 1.87. The minimum atomic E-state index is -0.402. The molecule has 1 rings (SSSR count). The standard InChI is InChI=1S/C12H22INO2/c1-8-7-14(9(2)6-10(8)13)11(15)16-12(3,4)5/h8-10H,6-7H2,1-5H3/t8-,9-,10+/m0/s1. The van der Waals surface area contributed by atoms with Gasteiger partial charge in [-0.3, -0.25) is 0 Å². The van der Waals surface area contributed by atoms with Crippen molar-refractivity contribution < 1.29 is 9.53 Å². The minimum absolute atomic E-state index is 0.171. The number of ether oxygens (including phenoxy) is 1. The van der Waals surface area contributed by atoms with E-state index in [2.05, 4.69) is 36.4 Å². The predicted molar refractivity (Wildman–Crippen MR) is 74.0 cm³/mol. The Kier molecular flexibility index (Phi) is 4.49. The van der Waals surface area contributed by atoms with Crippen LogP contribution in [0.1, 0.15) is 41.0 Å². The monoisotopic (exact) mass is 339 g/mol. The van der Waals surface area contributed by atoms with Gasteiger partial charge in [-0.15, -0.1) is 0 Å². The van der Waals surface area contributed by atoms with Crippen molar-refractivity contribution in [2.24, 2.45) is 5.92 Å². The topological polar surface area (TPSA) is 29.5 Å². The highest BCUT2D eigenvalue weighted by molar-refractivity contribution is 14.1. The number of hydrogen-bond acceptors (Lipinski definition) is 2. The molecule has 1 aliphatic rings. The van der Waals surface area contributed by atoms with E-state index in [0.29, 0.717) is 9.84 Å². The maximum Gasteiger partial charge on any atom is 0.410 e. The van der Waals surface area contributed by atoms with Crippen LogP contribution in [-0.4, -0.2) is 33.1 Å². The molecule has 0 unspecified atom stereocenters. The lowest BCUT2D eigenvalue weighted by atomic mass is 9.95. The summed E-state index contributed by atoms with van der Waals surface area (Å²) < 4.78 is 6.07. The number of likely N-dealkylation sites (tertiary alicyclic amines) is 1. The van der Waals surface area contributed by atoms with Crippen LogP contribution in [-0.2, 0) is 4.74 Å². The van der Waals surface area contributed by atoms with Gasteiger partial charge < -0.3 is 9.64 Å². The zero-order valence-corrected chi connectivity index (χ0v) is 12.9. The highest BCUT2D eigenvalue weighted by atomic mass is 127. The summed E-state index contributed by atoms with van der Waals surface area (Å²) in [4.78, 5) is 13.8. The molecule has 1 heterocycles. The van der Waals surface area contributed by atoms with Crippen LogP contribution in [0.3, 0.4) is 0 Å². The first kappa shape index (κ1) is 14.1. The molecule has 0 aromatic heterocycles. The van der Waals surface area contributed by atoms with Crippen molar-refractivity contribution in [3.63, 3.8) is 0 Å². The molecule has 1 aliphatic heterocycles. The van der Waals surface area contributed by atoms with E-state index in [4.69, 9.17) is 4.74 Å². The molecule has 0 aromatic carbocycles. The molecular weight excluding hydrogens is 317 g/mol. The van der Waals surface area contributed by atoms with Crippen molar-refractivity contribution in [2.45, 2.75) is 56.6 Å². The normalized spacial score (nSPS) is 31.4. The van der Waals surface area contributed by atoms with Crippen molar-refractivity contribution in [3.8, 4) is 0 Å². The molecule has 0 radical (unpaired) electrons. The Labute approximate surface area is 112 Å². The first-order chi connectivity index (χ1) is 7.20. The smallest absolute Gasteiger partial charge is 0.410 e. The Hall–Kier alpha value is 0. The Morgan fingerprint density at radius 2 is 1.94 bits per heavy atom. The first-order valence-corrected chi connectivity index (χ1v) is 7.09. The fraction of sp³-hybridized carbons (Fsp3) is 0.917. The van der Waals surface area contributed by atoms with Crippen molar-refractivity contribution in [2.75, 3.05) is 6.54 Å². The summed E-state index contributed by atoms with van der Waals surface area (Å²) in [6.07, 6.45) is 0.885. The number of carbonyl (C=O) groups is 1. The second kappa shape index (κ2) is 5.10. The van der Waals surface area contributed by atoms with E-state index in [1.54, 1.807) is 0 Å². The lowest BCUT2D eigenvalue weighted by Crippen LogP contribution is -2.50. The average Bonchev–Trinajstić information content (AvgIpc) is 2.08. The molecule has 0 aromatic rings. The van der Waals surface area contributed by atoms with E-state index in [-0.39, 0.29) is 12.1 Å². The van der Waals surface area contributed by atoms with E-state index in [1.165, 1.54) is 0 Å². The maximum atomic E-state index is 12.0. The zero-order chi connectivity index (χ0) is 12.5. The molecule has 0 bridgehead atoms. The summed E-state index contributed by atoms with van der Waals surface area (Å²) in [5.41, 5.74) is -0.402. The summed E-state index contributed by atoms with van der Waals surface area (Å²) in [5, 5.41) is 0. The van der Waals surface area contributed by atoms with Crippen molar-refractivity contribution >= 4 is 28.7 Å². The number of nitrogens with zero attached hydrogens (tertiary/aromatic N) is 1. The van der Waals surface area contributed by atoms with Crippen LogP contribution in [0.15, 0.2) is 0 Å². The zero-order valence-electron chi connectivity index (χ0n) is 10.8. The molecule has 0 spiro atoms. The lowest BCUT2D eigenvalue weighted by Gasteiger charge is -2.40. The molecule has 1 fully saturated rings. The molecular formula is C12H22INO2. The van der Waals surface area contributed by atoms with Crippen LogP contribution in [0.5, 0.6) is 0 Å². The van der Waals surface area contributed by atoms with Gasteiger partial charge >= 0.3 is 6.09 Å². The number of carbonyl (C=O) groups excluding carboxylic acids is 1. The quantitative estimate of drug-likeness (QED) is 0.500. The average molecular weight is 339 g/mol. The van der Waals surface area contributed by atoms with Gasteiger partial charge in [-0.05, 0) is 40.0 Å². The number of halogens is 1. The van der Waals surface area contributed by atoms with Crippen LogP contribution in [0.2, 0.25) is 0 Å². The Bertz CT molecular complexity index is 262. The van der Waals surface area contributed by atoms with E-state index in [9.17, 15) is 4.79 Å². The summed E-state index contributed by atoms with van der Waals surface area (Å²) >= 11 is 2.48. The third kappa shape index (κ3) is 3.79. The number of alkyl halides is 1. The van der Waals surface area contributed by atoms with Gasteiger partial charge in [-0.1, -0.05) is 29.5 Å². The summed E-state index contributed by atoms with van der Waals surface area (Å²) in [6.45, 7) is 10.8. The molecule has 3 nitrogen and oxygen atoms in total. The Morgan fingerprint density at radius 1 is 1.38 bits per heavy atom. The molecule has 4 heteroatoms.